The van der Waals surface area contributed by atoms with E-state index in [1.54, 1.807) is 0 Å². The molecular formula is C70H112O6. The van der Waals surface area contributed by atoms with E-state index >= 15 is 0 Å². The molecule has 0 rings (SSSR count). The largest absolute Gasteiger partial charge is 0.462 e. The van der Waals surface area contributed by atoms with Gasteiger partial charge in [-0.15, -0.1) is 0 Å². The highest BCUT2D eigenvalue weighted by Crippen LogP contribution is 2.14. The van der Waals surface area contributed by atoms with E-state index in [-0.39, 0.29) is 31.6 Å². The molecule has 0 aliphatic heterocycles. The highest BCUT2D eigenvalue weighted by Gasteiger charge is 2.19. The molecule has 0 aliphatic rings. The van der Waals surface area contributed by atoms with Gasteiger partial charge in [-0.05, 0) is 128 Å². The first kappa shape index (κ1) is 71.3. The highest BCUT2D eigenvalue weighted by atomic mass is 16.6. The Hall–Kier alpha value is -4.71. The van der Waals surface area contributed by atoms with Gasteiger partial charge in [0.05, 0.1) is 0 Å². The van der Waals surface area contributed by atoms with Crippen molar-refractivity contribution in [2.24, 2.45) is 0 Å². The Balaban J connectivity index is 4.54. The summed E-state index contributed by atoms with van der Waals surface area (Å²) in [6.07, 6.45) is 89.9. The molecule has 0 amide bonds. The minimum absolute atomic E-state index is 0.120. The molecular weight excluding hydrogens is 937 g/mol. The molecule has 0 aromatic heterocycles. The number of esters is 3. The molecule has 0 aromatic carbocycles. The Labute approximate surface area is 467 Å². The zero-order valence-electron chi connectivity index (χ0n) is 49.0. The first-order valence-electron chi connectivity index (χ1n) is 30.8. The van der Waals surface area contributed by atoms with E-state index < -0.39 is 12.1 Å². The van der Waals surface area contributed by atoms with Gasteiger partial charge in [0, 0.05) is 19.3 Å². The van der Waals surface area contributed by atoms with Crippen molar-refractivity contribution in [2.45, 2.75) is 264 Å². The lowest BCUT2D eigenvalue weighted by atomic mass is 10.1. The molecule has 428 valence electrons. The van der Waals surface area contributed by atoms with Crippen molar-refractivity contribution in [1.29, 1.82) is 0 Å². The van der Waals surface area contributed by atoms with Crippen molar-refractivity contribution < 1.29 is 28.6 Å². The summed E-state index contributed by atoms with van der Waals surface area (Å²) in [5.74, 6) is -1.02. The Morgan fingerprint density at radius 1 is 0.276 bits per heavy atom. The molecule has 76 heavy (non-hydrogen) atoms. The summed E-state index contributed by atoms with van der Waals surface area (Å²) < 4.78 is 16.8. The van der Waals surface area contributed by atoms with Gasteiger partial charge in [-0.2, -0.15) is 0 Å². The second-order valence-corrected chi connectivity index (χ2v) is 19.8. The quantitative estimate of drug-likeness (QED) is 0.0261. The van der Waals surface area contributed by atoms with Crippen LogP contribution in [0, 0.1) is 0 Å². The molecule has 0 saturated heterocycles. The minimum atomic E-state index is -0.833. The summed E-state index contributed by atoms with van der Waals surface area (Å²) in [4.78, 5) is 38.3. The second kappa shape index (κ2) is 62.8. The minimum Gasteiger partial charge on any atom is -0.462 e. The second-order valence-electron chi connectivity index (χ2n) is 19.8. The van der Waals surface area contributed by atoms with Gasteiger partial charge < -0.3 is 14.2 Å². The molecule has 6 heteroatoms. The summed E-state index contributed by atoms with van der Waals surface area (Å²) in [6.45, 7) is 6.32. The van der Waals surface area contributed by atoms with Gasteiger partial charge in [0.1, 0.15) is 13.2 Å². The zero-order chi connectivity index (χ0) is 55.0. The summed E-state index contributed by atoms with van der Waals surface area (Å²) >= 11 is 0. The Morgan fingerprint density at radius 2 is 0.539 bits per heavy atom. The Kier molecular flexibility index (Phi) is 58.9. The molecule has 6 nitrogen and oxygen atoms in total. The molecule has 0 heterocycles. The number of unbranched alkanes of at least 4 members (excludes halogenated alkanes) is 19. The van der Waals surface area contributed by atoms with Crippen molar-refractivity contribution in [3.63, 3.8) is 0 Å². The van der Waals surface area contributed by atoms with Crippen LogP contribution in [0.3, 0.4) is 0 Å². The summed E-state index contributed by atoms with van der Waals surface area (Å²) in [5.41, 5.74) is 0. The number of hydrogen-bond donors (Lipinski definition) is 0. The number of carbonyl (C=O) groups is 3. The molecule has 0 radical (unpaired) electrons. The SMILES string of the molecule is CC/C=C\C/C=C\C/C=C\C/C=C\C/C=C\C/C=C\CCC(=O)OC(COC(=O)CCCCCCCCC/C=C\C/C=C\CCCCCC)COC(=O)CCCCCCCCCC/C=C\C/C=C\C/C=C\C/C=C\CC. The number of rotatable bonds is 54. The number of hydrogen-bond acceptors (Lipinski definition) is 6. The van der Waals surface area contributed by atoms with E-state index in [2.05, 4.69) is 154 Å². The van der Waals surface area contributed by atoms with E-state index in [9.17, 15) is 14.4 Å². The molecule has 0 aliphatic carbocycles. The van der Waals surface area contributed by atoms with Gasteiger partial charge in [0.2, 0.25) is 0 Å². The zero-order valence-corrected chi connectivity index (χ0v) is 49.0. The van der Waals surface area contributed by atoms with Crippen LogP contribution in [-0.2, 0) is 28.6 Å². The van der Waals surface area contributed by atoms with Crippen LogP contribution in [0.5, 0.6) is 0 Å². The molecule has 0 fully saturated rings. The first-order chi connectivity index (χ1) is 37.5. The van der Waals surface area contributed by atoms with Crippen LogP contribution in [0.4, 0.5) is 0 Å². The summed E-state index contributed by atoms with van der Waals surface area (Å²) in [6, 6.07) is 0. The lowest BCUT2D eigenvalue weighted by molar-refractivity contribution is -0.166. The maximum atomic E-state index is 12.9. The lowest BCUT2D eigenvalue weighted by Gasteiger charge is -2.18. The van der Waals surface area contributed by atoms with Crippen LogP contribution < -0.4 is 0 Å². The van der Waals surface area contributed by atoms with Crippen LogP contribution >= 0.6 is 0 Å². The normalized spacial score (nSPS) is 13.1. The summed E-state index contributed by atoms with van der Waals surface area (Å²) in [5, 5.41) is 0. The molecule has 0 N–H and O–H groups in total. The number of carbonyl (C=O) groups excluding carboxylic acids is 3. The fourth-order valence-electron chi connectivity index (χ4n) is 8.02. The maximum absolute atomic E-state index is 12.9. The standard InChI is InChI=1S/C70H112O6/c1-4-7-10-13-16-19-22-25-28-31-34-35-37-39-42-45-48-51-54-57-60-63-69(72)75-66-67(65-74-68(71)62-59-56-53-50-47-44-41-38-33-30-27-24-21-18-15-12-9-6-3)76-70(73)64-61-58-55-52-49-46-43-40-36-32-29-26-23-20-17-14-11-8-5-2/h7-8,10-11,16-17,19-21,24-26,28-30,33-36,40,46,49,55,58,67H,4-6,9,12-15,18,22-23,27,31-32,37-39,41-45,47-48,50-54,56-57,59-66H2,1-3H3/b10-7-,11-8-,19-16-,20-17-,24-21-,28-25-,29-26-,33-30-,35-34-,40-36-,49-46-,58-55-. The van der Waals surface area contributed by atoms with Gasteiger partial charge in [-0.3, -0.25) is 14.4 Å². The Morgan fingerprint density at radius 3 is 0.855 bits per heavy atom. The van der Waals surface area contributed by atoms with E-state index in [0.717, 1.165) is 122 Å². The monoisotopic (exact) mass is 1050 g/mol. The third-order valence-electron chi connectivity index (χ3n) is 12.6. The lowest BCUT2D eigenvalue weighted by Crippen LogP contribution is -2.30. The van der Waals surface area contributed by atoms with Crippen LogP contribution in [-0.4, -0.2) is 37.2 Å². The smallest absolute Gasteiger partial charge is 0.306 e. The van der Waals surface area contributed by atoms with Crippen LogP contribution in [0.1, 0.15) is 258 Å². The fourth-order valence-corrected chi connectivity index (χ4v) is 8.02. The Bertz CT molecular complexity index is 1680. The van der Waals surface area contributed by atoms with Crippen molar-refractivity contribution in [3.8, 4) is 0 Å². The van der Waals surface area contributed by atoms with Crippen molar-refractivity contribution in [2.75, 3.05) is 13.2 Å². The van der Waals surface area contributed by atoms with E-state index in [0.29, 0.717) is 19.3 Å². The molecule has 1 unspecified atom stereocenters. The maximum Gasteiger partial charge on any atom is 0.306 e. The average molecular weight is 1050 g/mol. The van der Waals surface area contributed by atoms with Gasteiger partial charge >= 0.3 is 17.9 Å². The van der Waals surface area contributed by atoms with Gasteiger partial charge in [0.15, 0.2) is 6.10 Å². The highest BCUT2D eigenvalue weighted by molar-refractivity contribution is 5.71. The van der Waals surface area contributed by atoms with Crippen molar-refractivity contribution in [3.05, 3.63) is 146 Å². The number of allylic oxidation sites excluding steroid dienone is 24. The van der Waals surface area contributed by atoms with E-state index in [1.807, 2.05) is 12.2 Å². The van der Waals surface area contributed by atoms with E-state index in [1.165, 1.54) is 89.9 Å². The predicted octanol–water partition coefficient (Wildman–Crippen LogP) is 21.2. The van der Waals surface area contributed by atoms with Crippen LogP contribution in [0.25, 0.3) is 0 Å². The third kappa shape index (κ3) is 60.2. The fraction of sp³-hybridized carbons (Fsp3) is 0.614. The molecule has 0 aromatic rings. The molecule has 1 atom stereocenters. The molecule has 0 saturated carbocycles. The van der Waals surface area contributed by atoms with Gasteiger partial charge in [-0.1, -0.05) is 256 Å². The average Bonchev–Trinajstić information content (AvgIpc) is 3.42. The molecule has 0 spiro atoms. The van der Waals surface area contributed by atoms with Crippen LogP contribution in [0.2, 0.25) is 0 Å². The predicted molar refractivity (Wildman–Crippen MR) is 329 cm³/mol. The van der Waals surface area contributed by atoms with Gasteiger partial charge in [0.25, 0.3) is 0 Å². The third-order valence-corrected chi connectivity index (χ3v) is 12.6. The van der Waals surface area contributed by atoms with Crippen molar-refractivity contribution in [1.82, 2.24) is 0 Å². The molecule has 0 bridgehead atoms. The topological polar surface area (TPSA) is 78.9 Å². The first-order valence-corrected chi connectivity index (χ1v) is 30.8. The van der Waals surface area contributed by atoms with Crippen LogP contribution in [0.15, 0.2) is 146 Å². The van der Waals surface area contributed by atoms with Crippen molar-refractivity contribution >= 4 is 17.9 Å². The van der Waals surface area contributed by atoms with E-state index in [4.69, 9.17) is 14.2 Å². The van der Waals surface area contributed by atoms with Gasteiger partial charge in [-0.25, -0.2) is 0 Å². The summed E-state index contributed by atoms with van der Waals surface area (Å²) in [7, 11) is 0. The number of ether oxygens (including phenoxy) is 3.